The molecule has 1 atom stereocenters. The van der Waals surface area contributed by atoms with Crippen LogP contribution in [0.1, 0.15) is 31.7 Å². The van der Waals surface area contributed by atoms with Crippen LogP contribution < -0.4 is 5.32 Å². The third kappa shape index (κ3) is 7.48. The number of carbonyl (C=O) groups is 1. The minimum absolute atomic E-state index is 0.0605. The molecule has 0 saturated heterocycles. The molecule has 0 amide bonds. The highest BCUT2D eigenvalue weighted by atomic mass is 35.5. The molecule has 6 heteroatoms. The lowest BCUT2D eigenvalue weighted by atomic mass is 9.99. The zero-order valence-corrected chi connectivity index (χ0v) is 12.6. The van der Waals surface area contributed by atoms with Gasteiger partial charge in [0.15, 0.2) is 0 Å². The molecular formula is C15H19ClF3NO. The van der Waals surface area contributed by atoms with Gasteiger partial charge in [0, 0.05) is 18.0 Å². The van der Waals surface area contributed by atoms with E-state index in [0.29, 0.717) is 24.3 Å². The van der Waals surface area contributed by atoms with E-state index in [4.69, 9.17) is 11.6 Å². The van der Waals surface area contributed by atoms with E-state index in [1.165, 1.54) is 0 Å². The number of nitrogens with one attached hydrogen (secondary N) is 1. The lowest BCUT2D eigenvalue weighted by molar-refractivity contribution is -0.135. The molecule has 2 nitrogen and oxygen atoms in total. The van der Waals surface area contributed by atoms with Gasteiger partial charge in [-0.2, -0.15) is 13.2 Å². The van der Waals surface area contributed by atoms with Crippen molar-refractivity contribution < 1.29 is 18.0 Å². The lowest BCUT2D eigenvalue weighted by Crippen LogP contribution is -2.40. The van der Waals surface area contributed by atoms with E-state index in [0.717, 1.165) is 5.56 Å². The summed E-state index contributed by atoms with van der Waals surface area (Å²) in [4.78, 5) is 12.0. The highest BCUT2D eigenvalue weighted by molar-refractivity contribution is 6.30. The number of benzene rings is 1. The first kappa shape index (κ1) is 18.0. The Morgan fingerprint density at radius 2 is 1.90 bits per heavy atom. The van der Waals surface area contributed by atoms with Gasteiger partial charge in [0.1, 0.15) is 5.78 Å². The maximum absolute atomic E-state index is 12.2. The maximum atomic E-state index is 12.2. The Labute approximate surface area is 127 Å². The van der Waals surface area contributed by atoms with Crippen LogP contribution in [0.5, 0.6) is 0 Å². The minimum atomic E-state index is -4.22. The zero-order chi connectivity index (χ0) is 15.9. The molecule has 1 rings (SSSR count). The van der Waals surface area contributed by atoms with Gasteiger partial charge in [-0.3, -0.25) is 4.79 Å². The van der Waals surface area contributed by atoms with E-state index in [1.54, 1.807) is 24.3 Å². The summed E-state index contributed by atoms with van der Waals surface area (Å²) in [5.41, 5.74) is 0.869. The Morgan fingerprint density at radius 1 is 1.29 bits per heavy atom. The summed E-state index contributed by atoms with van der Waals surface area (Å²) in [6, 6.07) is 6.37. The number of rotatable bonds is 8. The van der Waals surface area contributed by atoms with Crippen LogP contribution in [-0.4, -0.2) is 24.5 Å². The predicted molar refractivity (Wildman–Crippen MR) is 77.5 cm³/mol. The molecule has 118 valence electrons. The molecule has 0 heterocycles. The summed E-state index contributed by atoms with van der Waals surface area (Å²) in [5, 5.41) is 3.30. The summed E-state index contributed by atoms with van der Waals surface area (Å²) in [7, 11) is 0. The van der Waals surface area contributed by atoms with Gasteiger partial charge in [-0.25, -0.2) is 0 Å². The standard InChI is InChI=1S/C15H19ClF3NO/c1-2-3-14(21)13(20-9-8-15(17,18)19)10-11-4-6-12(16)7-5-11/h4-7,13,20H,2-3,8-10H2,1H3/t13-/m1/s1. The van der Waals surface area contributed by atoms with Gasteiger partial charge in [-0.05, 0) is 30.5 Å². The molecule has 0 fully saturated rings. The summed E-state index contributed by atoms with van der Waals surface area (Å²) in [6.07, 6.45) is -3.75. The molecule has 0 aliphatic carbocycles. The normalized spacial score (nSPS) is 13.2. The van der Waals surface area contributed by atoms with E-state index >= 15 is 0 Å². The first-order valence-corrected chi connectivity index (χ1v) is 7.27. The van der Waals surface area contributed by atoms with Crippen molar-refractivity contribution in [1.29, 1.82) is 0 Å². The molecule has 0 aliphatic heterocycles. The van der Waals surface area contributed by atoms with Crippen LogP contribution >= 0.6 is 11.6 Å². The van der Waals surface area contributed by atoms with E-state index < -0.39 is 18.6 Å². The smallest absolute Gasteiger partial charge is 0.307 e. The Hall–Kier alpha value is -1.07. The second-order valence-corrected chi connectivity index (χ2v) is 5.36. The van der Waals surface area contributed by atoms with Gasteiger partial charge in [0.05, 0.1) is 12.5 Å². The van der Waals surface area contributed by atoms with Crippen LogP contribution in [0.4, 0.5) is 13.2 Å². The van der Waals surface area contributed by atoms with Crippen LogP contribution in [0.15, 0.2) is 24.3 Å². The van der Waals surface area contributed by atoms with Crippen molar-refractivity contribution in [3.8, 4) is 0 Å². The second kappa shape index (κ2) is 8.39. The average molecular weight is 322 g/mol. The Bertz CT molecular complexity index is 445. The second-order valence-electron chi connectivity index (χ2n) is 4.92. The van der Waals surface area contributed by atoms with Crippen molar-refractivity contribution in [2.45, 2.75) is 44.8 Å². The van der Waals surface area contributed by atoms with Gasteiger partial charge in [0.2, 0.25) is 0 Å². The summed E-state index contributed by atoms with van der Waals surface area (Å²) in [6.45, 7) is 1.62. The lowest BCUT2D eigenvalue weighted by Gasteiger charge is -2.18. The van der Waals surface area contributed by atoms with Crippen LogP contribution in [0.25, 0.3) is 0 Å². The molecule has 0 spiro atoms. The molecule has 1 aromatic carbocycles. The number of halogens is 4. The SMILES string of the molecule is CCCC(=O)[C@@H](Cc1ccc(Cl)cc1)NCCC(F)(F)F. The van der Waals surface area contributed by atoms with Crippen LogP contribution in [-0.2, 0) is 11.2 Å². The molecule has 1 N–H and O–H groups in total. The molecule has 0 saturated carbocycles. The molecule has 21 heavy (non-hydrogen) atoms. The maximum Gasteiger partial charge on any atom is 0.390 e. The number of ketones is 1. The first-order chi connectivity index (χ1) is 9.81. The largest absolute Gasteiger partial charge is 0.390 e. The van der Waals surface area contributed by atoms with E-state index in [9.17, 15) is 18.0 Å². The van der Waals surface area contributed by atoms with Gasteiger partial charge in [0.25, 0.3) is 0 Å². The van der Waals surface area contributed by atoms with Gasteiger partial charge in [-0.1, -0.05) is 30.7 Å². The topological polar surface area (TPSA) is 29.1 Å². The molecule has 0 aliphatic rings. The number of Topliss-reactive ketones (excluding diaryl/α,β-unsaturated/α-hetero) is 1. The van der Waals surface area contributed by atoms with E-state index in [1.807, 2.05) is 6.92 Å². The number of hydrogen-bond donors (Lipinski definition) is 1. The highest BCUT2D eigenvalue weighted by Gasteiger charge is 2.27. The zero-order valence-electron chi connectivity index (χ0n) is 11.8. The minimum Gasteiger partial charge on any atom is -0.307 e. The third-order valence-electron chi connectivity index (χ3n) is 3.04. The molecule has 1 aromatic rings. The Balaban J connectivity index is 2.63. The van der Waals surface area contributed by atoms with Crippen molar-refractivity contribution in [2.75, 3.05) is 6.54 Å². The van der Waals surface area contributed by atoms with Crippen molar-refractivity contribution in [3.05, 3.63) is 34.9 Å². The van der Waals surface area contributed by atoms with E-state index in [2.05, 4.69) is 5.32 Å². The number of hydrogen-bond acceptors (Lipinski definition) is 2. The highest BCUT2D eigenvalue weighted by Crippen LogP contribution is 2.19. The fourth-order valence-electron chi connectivity index (χ4n) is 1.96. The van der Waals surface area contributed by atoms with Gasteiger partial charge in [-0.15, -0.1) is 0 Å². The third-order valence-corrected chi connectivity index (χ3v) is 3.29. The number of carbonyl (C=O) groups excluding carboxylic acids is 1. The van der Waals surface area contributed by atoms with Crippen LogP contribution in [0.3, 0.4) is 0 Å². The molecule has 0 unspecified atom stereocenters. The Morgan fingerprint density at radius 3 is 2.43 bits per heavy atom. The predicted octanol–water partition coefficient (Wildman–Crippen LogP) is 4.16. The fourth-order valence-corrected chi connectivity index (χ4v) is 2.09. The molecule has 0 bridgehead atoms. The summed E-state index contributed by atoms with van der Waals surface area (Å²) >= 11 is 5.79. The van der Waals surface area contributed by atoms with Crippen LogP contribution in [0.2, 0.25) is 5.02 Å². The molecular weight excluding hydrogens is 303 g/mol. The van der Waals surface area contributed by atoms with Crippen molar-refractivity contribution >= 4 is 17.4 Å². The monoisotopic (exact) mass is 321 g/mol. The van der Waals surface area contributed by atoms with Gasteiger partial charge < -0.3 is 5.32 Å². The fraction of sp³-hybridized carbons (Fsp3) is 0.533. The Kier molecular flexibility index (Phi) is 7.18. The summed E-state index contributed by atoms with van der Waals surface area (Å²) < 4.78 is 36.6. The van der Waals surface area contributed by atoms with Crippen molar-refractivity contribution in [2.24, 2.45) is 0 Å². The van der Waals surface area contributed by atoms with Crippen LogP contribution in [0, 0.1) is 0 Å². The van der Waals surface area contributed by atoms with Crippen molar-refractivity contribution in [3.63, 3.8) is 0 Å². The quantitative estimate of drug-likeness (QED) is 0.779. The molecule has 0 radical (unpaired) electrons. The first-order valence-electron chi connectivity index (χ1n) is 6.89. The number of alkyl halides is 3. The average Bonchev–Trinajstić information content (AvgIpc) is 2.39. The van der Waals surface area contributed by atoms with Gasteiger partial charge >= 0.3 is 6.18 Å². The summed E-state index contributed by atoms with van der Waals surface area (Å²) in [5.74, 6) is -0.0605. The molecule has 0 aromatic heterocycles. The van der Waals surface area contributed by atoms with Crippen molar-refractivity contribution in [1.82, 2.24) is 5.32 Å². The van der Waals surface area contributed by atoms with E-state index in [-0.39, 0.29) is 12.3 Å².